The van der Waals surface area contributed by atoms with Crippen LogP contribution in [0.1, 0.15) is 62.4 Å². The van der Waals surface area contributed by atoms with Crippen LogP contribution in [0.4, 0.5) is 5.69 Å². The van der Waals surface area contributed by atoms with Crippen LogP contribution in [0.3, 0.4) is 0 Å². The molecule has 0 aromatic heterocycles. The van der Waals surface area contributed by atoms with Gasteiger partial charge >= 0.3 is 0 Å². The minimum atomic E-state index is 0.0546. The average Bonchev–Trinajstić information content (AvgIpc) is 2.63. The number of anilines is 1. The average molecular weight is 353 g/mol. The lowest BCUT2D eigenvalue weighted by atomic mass is 9.75. The molecule has 1 atom stereocenters. The predicted octanol–water partition coefficient (Wildman–Crippen LogP) is 4.97. The van der Waals surface area contributed by atoms with Crippen molar-refractivity contribution in [2.75, 3.05) is 18.6 Å². The van der Waals surface area contributed by atoms with E-state index < -0.39 is 0 Å². The van der Waals surface area contributed by atoms with Gasteiger partial charge in [-0.1, -0.05) is 39.0 Å². The lowest BCUT2D eigenvalue weighted by molar-refractivity contribution is 0.414. The minimum absolute atomic E-state index is 0.0546. The first kappa shape index (κ1) is 18.8. The van der Waals surface area contributed by atoms with Crippen molar-refractivity contribution in [2.45, 2.75) is 58.5 Å². The van der Waals surface area contributed by atoms with Crippen LogP contribution in [-0.4, -0.2) is 13.7 Å². The van der Waals surface area contributed by atoms with E-state index >= 15 is 0 Å². The molecule has 0 amide bonds. The van der Waals surface area contributed by atoms with Gasteiger partial charge in [0.1, 0.15) is 5.75 Å². The molecule has 1 aliphatic rings. The number of fused-ring (bicyclic) bond motifs is 1. The van der Waals surface area contributed by atoms with Crippen molar-refractivity contribution in [2.24, 2.45) is 5.73 Å². The summed E-state index contributed by atoms with van der Waals surface area (Å²) in [6.45, 7) is 11.0. The van der Waals surface area contributed by atoms with Crippen LogP contribution in [0.25, 0.3) is 0 Å². The first-order valence-electron chi connectivity index (χ1n) is 9.66. The fraction of sp³-hybridized carbons (Fsp3) is 0.478. The number of nitrogens with two attached hydrogens (primary N) is 1. The highest BCUT2D eigenvalue weighted by molar-refractivity contribution is 5.63. The smallest absolute Gasteiger partial charge is 0.119 e. The highest BCUT2D eigenvalue weighted by atomic mass is 16.5. The van der Waals surface area contributed by atoms with Crippen LogP contribution in [0, 0.1) is 0 Å². The monoisotopic (exact) mass is 352 g/mol. The van der Waals surface area contributed by atoms with E-state index in [0.29, 0.717) is 0 Å². The van der Waals surface area contributed by atoms with E-state index in [0.717, 1.165) is 31.7 Å². The highest BCUT2D eigenvalue weighted by Crippen LogP contribution is 2.42. The van der Waals surface area contributed by atoms with Crippen molar-refractivity contribution in [3.05, 3.63) is 58.7 Å². The molecule has 0 radical (unpaired) electrons. The van der Waals surface area contributed by atoms with Gasteiger partial charge in [0.05, 0.1) is 7.11 Å². The number of hydrogen-bond acceptors (Lipinski definition) is 3. The molecule has 140 valence electrons. The number of nitrogens with zero attached hydrogens (tertiary/aromatic N) is 1. The van der Waals surface area contributed by atoms with Crippen LogP contribution >= 0.6 is 0 Å². The Hall–Kier alpha value is -2.00. The summed E-state index contributed by atoms with van der Waals surface area (Å²) in [5, 5.41) is 0. The molecule has 0 fully saturated rings. The number of rotatable bonds is 5. The van der Waals surface area contributed by atoms with E-state index in [1.165, 1.54) is 27.9 Å². The van der Waals surface area contributed by atoms with Crippen molar-refractivity contribution >= 4 is 5.69 Å². The normalized spacial score (nSPS) is 16.9. The Morgan fingerprint density at radius 2 is 2.00 bits per heavy atom. The molecule has 3 heteroatoms. The van der Waals surface area contributed by atoms with Gasteiger partial charge in [-0.05, 0) is 65.6 Å². The highest BCUT2D eigenvalue weighted by Gasteiger charge is 2.32. The fourth-order valence-electron chi connectivity index (χ4n) is 4.01. The molecule has 2 aromatic carbocycles. The Labute approximate surface area is 158 Å². The van der Waals surface area contributed by atoms with Gasteiger partial charge in [0, 0.05) is 24.8 Å². The molecule has 3 nitrogen and oxygen atoms in total. The Morgan fingerprint density at radius 3 is 2.65 bits per heavy atom. The predicted molar refractivity (Wildman–Crippen MR) is 110 cm³/mol. The minimum Gasteiger partial charge on any atom is -0.497 e. The molecule has 26 heavy (non-hydrogen) atoms. The quantitative estimate of drug-likeness (QED) is 0.826. The van der Waals surface area contributed by atoms with Crippen molar-refractivity contribution in [3.63, 3.8) is 0 Å². The topological polar surface area (TPSA) is 38.5 Å². The molecule has 1 aliphatic heterocycles. The molecule has 0 spiro atoms. The zero-order valence-electron chi connectivity index (χ0n) is 16.8. The summed E-state index contributed by atoms with van der Waals surface area (Å²) in [5.74, 6) is 0.915. The molecule has 2 N–H and O–H groups in total. The summed E-state index contributed by atoms with van der Waals surface area (Å²) in [4.78, 5) is 2.50. The molecule has 1 unspecified atom stereocenters. The van der Waals surface area contributed by atoms with Gasteiger partial charge in [-0.3, -0.25) is 0 Å². The van der Waals surface area contributed by atoms with Gasteiger partial charge in [0.25, 0.3) is 0 Å². The van der Waals surface area contributed by atoms with Crippen LogP contribution in [0.15, 0.2) is 36.4 Å². The van der Waals surface area contributed by atoms with Gasteiger partial charge in [-0.2, -0.15) is 0 Å². The van der Waals surface area contributed by atoms with E-state index in [9.17, 15) is 0 Å². The molecule has 0 aliphatic carbocycles. The van der Waals surface area contributed by atoms with E-state index in [4.69, 9.17) is 10.5 Å². The molecule has 2 aromatic rings. The molecule has 1 heterocycles. The third-order valence-corrected chi connectivity index (χ3v) is 5.71. The zero-order chi connectivity index (χ0) is 18.9. The third kappa shape index (κ3) is 3.59. The molecule has 0 saturated heterocycles. The summed E-state index contributed by atoms with van der Waals surface area (Å²) < 4.78 is 5.39. The first-order chi connectivity index (χ1) is 12.4. The Balaban J connectivity index is 2.03. The Bertz CT molecular complexity index is 780. The summed E-state index contributed by atoms with van der Waals surface area (Å²) in [6, 6.07) is 13.2. The second-order valence-electron chi connectivity index (χ2n) is 8.12. The zero-order valence-corrected chi connectivity index (χ0v) is 16.8. The van der Waals surface area contributed by atoms with Gasteiger partial charge in [-0.15, -0.1) is 0 Å². The molecule has 0 saturated carbocycles. The molecular weight excluding hydrogens is 320 g/mol. The molecule has 0 bridgehead atoms. The van der Waals surface area contributed by atoms with Crippen LogP contribution in [-0.2, 0) is 18.4 Å². The van der Waals surface area contributed by atoms with Gasteiger partial charge in [0.15, 0.2) is 0 Å². The van der Waals surface area contributed by atoms with Crippen LogP contribution < -0.4 is 15.4 Å². The van der Waals surface area contributed by atoms with Crippen molar-refractivity contribution in [1.29, 1.82) is 0 Å². The third-order valence-electron chi connectivity index (χ3n) is 5.71. The van der Waals surface area contributed by atoms with E-state index in [2.05, 4.69) is 62.9 Å². The SMILES string of the molecule is CCc1cc2c(cc1C(C)N)N(Cc1cccc(OC)c1)CCC2(C)C. The maximum atomic E-state index is 6.29. The summed E-state index contributed by atoms with van der Waals surface area (Å²) in [6.07, 6.45) is 2.18. The second kappa shape index (κ2) is 7.32. The van der Waals surface area contributed by atoms with Gasteiger partial charge < -0.3 is 15.4 Å². The number of hydrogen-bond donors (Lipinski definition) is 1. The number of methoxy groups -OCH3 is 1. The van der Waals surface area contributed by atoms with Crippen LogP contribution in [0.2, 0.25) is 0 Å². The van der Waals surface area contributed by atoms with Crippen molar-refractivity contribution < 1.29 is 4.74 Å². The van der Waals surface area contributed by atoms with Crippen molar-refractivity contribution in [3.8, 4) is 5.75 Å². The maximum absolute atomic E-state index is 6.29. The largest absolute Gasteiger partial charge is 0.497 e. The molecular formula is C23H32N2O. The summed E-state index contributed by atoms with van der Waals surface area (Å²) >= 11 is 0. The summed E-state index contributed by atoms with van der Waals surface area (Å²) in [7, 11) is 1.72. The first-order valence-corrected chi connectivity index (χ1v) is 9.66. The number of ether oxygens (including phenoxy) is 1. The van der Waals surface area contributed by atoms with Gasteiger partial charge in [0.2, 0.25) is 0 Å². The van der Waals surface area contributed by atoms with E-state index in [-0.39, 0.29) is 11.5 Å². The Morgan fingerprint density at radius 1 is 1.23 bits per heavy atom. The standard InChI is InChI=1S/C23H32N2O/c1-6-18-13-21-22(14-20(18)16(2)24)25(11-10-23(21,3)4)15-17-8-7-9-19(12-17)26-5/h7-9,12-14,16H,6,10-11,15,24H2,1-5H3. The van der Waals surface area contributed by atoms with Crippen molar-refractivity contribution in [1.82, 2.24) is 0 Å². The van der Waals surface area contributed by atoms with Crippen LogP contribution in [0.5, 0.6) is 5.75 Å². The number of aryl methyl sites for hydroxylation is 1. The fourth-order valence-corrected chi connectivity index (χ4v) is 4.01. The van der Waals surface area contributed by atoms with E-state index in [1.54, 1.807) is 7.11 Å². The van der Waals surface area contributed by atoms with Gasteiger partial charge in [-0.25, -0.2) is 0 Å². The lowest BCUT2D eigenvalue weighted by Crippen LogP contribution is -2.37. The maximum Gasteiger partial charge on any atom is 0.119 e. The number of benzene rings is 2. The lowest BCUT2D eigenvalue weighted by Gasteiger charge is -2.41. The van der Waals surface area contributed by atoms with E-state index in [1.807, 2.05) is 6.07 Å². The summed E-state index contributed by atoms with van der Waals surface area (Å²) in [5.41, 5.74) is 13.2. The second-order valence-corrected chi connectivity index (χ2v) is 8.12. The Kier molecular flexibility index (Phi) is 5.29. The molecule has 3 rings (SSSR count).